The van der Waals surface area contributed by atoms with Gasteiger partial charge in [-0.05, 0) is 32.1 Å². The molecule has 3 aromatic rings. The molecule has 2 heterocycles. The third-order valence-corrected chi connectivity index (χ3v) is 5.16. The van der Waals surface area contributed by atoms with Crippen molar-refractivity contribution in [2.45, 2.75) is 13.0 Å². The molecule has 3 amide bonds. The van der Waals surface area contributed by atoms with Crippen LogP contribution >= 0.6 is 0 Å². The molecule has 1 aliphatic rings. The molecule has 0 spiro atoms. The fraction of sp³-hybridized carbons (Fsp3) is 0.261. The highest BCUT2D eigenvalue weighted by Gasteiger charge is 2.27. The van der Waals surface area contributed by atoms with E-state index in [1.54, 1.807) is 0 Å². The van der Waals surface area contributed by atoms with Crippen molar-refractivity contribution < 1.29 is 9.59 Å². The van der Waals surface area contributed by atoms with Crippen LogP contribution in [0, 0.1) is 0 Å². The number of aromatic nitrogens is 2. The smallest absolute Gasteiger partial charge is 0.324 e. The van der Waals surface area contributed by atoms with Gasteiger partial charge in [-0.2, -0.15) is 5.10 Å². The van der Waals surface area contributed by atoms with Crippen molar-refractivity contribution >= 4 is 11.9 Å². The summed E-state index contributed by atoms with van der Waals surface area (Å²) in [7, 11) is 2.04. The van der Waals surface area contributed by atoms with Crippen LogP contribution in [0.2, 0.25) is 0 Å². The first-order chi connectivity index (χ1) is 14.6. The Morgan fingerprint density at radius 1 is 1.03 bits per heavy atom. The zero-order valence-corrected chi connectivity index (χ0v) is 17.0. The highest BCUT2D eigenvalue weighted by Crippen LogP contribution is 2.24. The topological polar surface area (TPSA) is 70.5 Å². The first kappa shape index (κ1) is 19.8. The number of carbonyl (C=O) groups excluding carboxylic acids is 2. The van der Waals surface area contributed by atoms with Crippen LogP contribution < -0.4 is 5.32 Å². The minimum absolute atomic E-state index is 0.105. The zero-order valence-electron chi connectivity index (χ0n) is 17.0. The summed E-state index contributed by atoms with van der Waals surface area (Å²) < 4.78 is 1.92. The van der Waals surface area contributed by atoms with E-state index in [2.05, 4.69) is 28.5 Å². The maximum Gasteiger partial charge on any atom is 0.324 e. The lowest BCUT2D eigenvalue weighted by atomic mass is 10.1. The van der Waals surface area contributed by atoms with E-state index in [9.17, 15) is 9.59 Å². The van der Waals surface area contributed by atoms with Gasteiger partial charge in [0, 0.05) is 30.4 Å². The zero-order chi connectivity index (χ0) is 20.9. The minimum Gasteiger partial charge on any atom is -0.329 e. The van der Waals surface area contributed by atoms with Crippen molar-refractivity contribution in [3.05, 3.63) is 72.4 Å². The van der Waals surface area contributed by atoms with Crippen molar-refractivity contribution in [2.75, 3.05) is 26.7 Å². The maximum atomic E-state index is 11.7. The number of amides is 3. The van der Waals surface area contributed by atoms with Crippen molar-refractivity contribution in [1.82, 2.24) is 24.9 Å². The number of urea groups is 1. The molecule has 7 nitrogen and oxygen atoms in total. The molecule has 1 aliphatic heterocycles. The van der Waals surface area contributed by atoms with Crippen LogP contribution in [-0.4, -0.2) is 58.2 Å². The number of nitrogens with one attached hydrogen (secondary N) is 1. The number of benzene rings is 2. The van der Waals surface area contributed by atoms with Crippen LogP contribution in [-0.2, 0) is 11.3 Å². The second-order valence-electron chi connectivity index (χ2n) is 7.44. The van der Waals surface area contributed by atoms with Crippen LogP contribution in [0.5, 0.6) is 0 Å². The van der Waals surface area contributed by atoms with E-state index in [0.717, 1.165) is 42.0 Å². The molecular formula is C23H25N5O2. The summed E-state index contributed by atoms with van der Waals surface area (Å²) >= 11 is 0. The van der Waals surface area contributed by atoms with E-state index in [1.807, 2.05) is 60.3 Å². The second-order valence-corrected chi connectivity index (χ2v) is 7.44. The van der Waals surface area contributed by atoms with Gasteiger partial charge in [0.05, 0.1) is 17.9 Å². The lowest BCUT2D eigenvalue weighted by Crippen LogP contribution is -2.33. The van der Waals surface area contributed by atoms with Crippen molar-refractivity contribution in [3.8, 4) is 16.9 Å². The maximum absolute atomic E-state index is 11.7. The first-order valence-electron chi connectivity index (χ1n) is 10.1. The van der Waals surface area contributed by atoms with Gasteiger partial charge in [-0.15, -0.1) is 0 Å². The Balaban J connectivity index is 1.47. The third-order valence-electron chi connectivity index (χ3n) is 5.16. The van der Waals surface area contributed by atoms with Crippen LogP contribution in [0.1, 0.15) is 12.0 Å². The van der Waals surface area contributed by atoms with Gasteiger partial charge in [-0.1, -0.05) is 48.5 Å². The Bertz CT molecular complexity index is 1000. The molecule has 1 N–H and O–H groups in total. The highest BCUT2D eigenvalue weighted by molar-refractivity contribution is 6.01. The number of nitrogens with zero attached hydrogens (tertiary/aromatic N) is 4. The van der Waals surface area contributed by atoms with Gasteiger partial charge in [0.15, 0.2) is 0 Å². The average Bonchev–Trinajstić information content (AvgIpc) is 3.33. The molecule has 0 saturated carbocycles. The third kappa shape index (κ3) is 4.41. The number of hydrogen-bond acceptors (Lipinski definition) is 4. The predicted molar refractivity (Wildman–Crippen MR) is 115 cm³/mol. The van der Waals surface area contributed by atoms with Crippen molar-refractivity contribution in [1.29, 1.82) is 0 Å². The van der Waals surface area contributed by atoms with Crippen LogP contribution in [0.3, 0.4) is 0 Å². The van der Waals surface area contributed by atoms with Crippen molar-refractivity contribution in [3.63, 3.8) is 0 Å². The monoisotopic (exact) mass is 403 g/mol. The molecular weight excluding hydrogens is 378 g/mol. The molecule has 0 unspecified atom stereocenters. The number of para-hydroxylation sites is 1. The Morgan fingerprint density at radius 2 is 1.73 bits per heavy atom. The minimum atomic E-state index is -0.293. The molecule has 0 radical (unpaired) electrons. The van der Waals surface area contributed by atoms with E-state index in [-0.39, 0.29) is 18.5 Å². The van der Waals surface area contributed by atoms with Gasteiger partial charge in [0.25, 0.3) is 0 Å². The summed E-state index contributed by atoms with van der Waals surface area (Å²) in [6.45, 7) is 2.02. The summed E-state index contributed by atoms with van der Waals surface area (Å²) in [5.74, 6) is -0.154. The molecule has 154 valence electrons. The first-order valence-corrected chi connectivity index (χ1v) is 10.1. The van der Waals surface area contributed by atoms with Crippen LogP contribution in [0.4, 0.5) is 4.79 Å². The Hall–Kier alpha value is -3.45. The van der Waals surface area contributed by atoms with E-state index in [1.165, 1.54) is 4.90 Å². The van der Waals surface area contributed by atoms with E-state index in [4.69, 9.17) is 5.10 Å². The standard InChI is InChI=1S/C23H25N5O2/c1-26(13-8-14-27-21(29)15-24-23(27)30)16-19-17-28(20-11-6-3-7-12-20)25-22(19)18-9-4-2-5-10-18/h2-7,9-12,17H,8,13-16H2,1H3,(H,24,30). The molecule has 0 atom stereocenters. The Kier molecular flexibility index (Phi) is 5.90. The fourth-order valence-electron chi connectivity index (χ4n) is 3.63. The summed E-state index contributed by atoms with van der Waals surface area (Å²) in [4.78, 5) is 26.8. The fourth-order valence-corrected chi connectivity index (χ4v) is 3.63. The molecule has 4 rings (SSSR count). The quantitative estimate of drug-likeness (QED) is 0.587. The Morgan fingerprint density at radius 3 is 2.40 bits per heavy atom. The Labute approximate surface area is 175 Å². The van der Waals surface area contributed by atoms with E-state index < -0.39 is 0 Å². The summed E-state index contributed by atoms with van der Waals surface area (Å²) in [5.41, 5.74) is 4.18. The van der Waals surface area contributed by atoms with Gasteiger partial charge >= 0.3 is 6.03 Å². The number of carbonyl (C=O) groups is 2. The average molecular weight is 403 g/mol. The molecule has 2 aromatic carbocycles. The lowest BCUT2D eigenvalue weighted by molar-refractivity contribution is -0.125. The van der Waals surface area contributed by atoms with Crippen molar-refractivity contribution in [2.24, 2.45) is 0 Å². The van der Waals surface area contributed by atoms with Crippen LogP contribution in [0.25, 0.3) is 16.9 Å². The van der Waals surface area contributed by atoms with Gasteiger partial charge in [0.1, 0.15) is 0 Å². The van der Waals surface area contributed by atoms with Gasteiger partial charge in [0.2, 0.25) is 5.91 Å². The molecule has 7 heteroatoms. The van der Waals surface area contributed by atoms with Gasteiger partial charge in [-0.3, -0.25) is 9.69 Å². The highest BCUT2D eigenvalue weighted by atomic mass is 16.2. The van der Waals surface area contributed by atoms with Crippen LogP contribution in [0.15, 0.2) is 66.9 Å². The van der Waals surface area contributed by atoms with E-state index >= 15 is 0 Å². The number of imide groups is 1. The van der Waals surface area contributed by atoms with Gasteiger partial charge < -0.3 is 10.2 Å². The van der Waals surface area contributed by atoms with E-state index in [0.29, 0.717) is 6.54 Å². The number of hydrogen-bond donors (Lipinski definition) is 1. The second kappa shape index (κ2) is 8.92. The molecule has 30 heavy (non-hydrogen) atoms. The van der Waals surface area contributed by atoms with Gasteiger partial charge in [-0.25, -0.2) is 9.48 Å². The summed E-state index contributed by atoms with van der Waals surface area (Å²) in [6.07, 6.45) is 2.80. The molecule has 0 aliphatic carbocycles. The molecule has 1 saturated heterocycles. The predicted octanol–water partition coefficient (Wildman–Crippen LogP) is 2.91. The molecule has 0 bridgehead atoms. The lowest BCUT2D eigenvalue weighted by Gasteiger charge is -2.18. The normalized spacial score (nSPS) is 13.9. The SMILES string of the molecule is CN(CCCN1C(=O)CNC1=O)Cc1cn(-c2ccccc2)nc1-c1ccccc1. The summed E-state index contributed by atoms with van der Waals surface area (Å²) in [5, 5.41) is 7.41. The molecule has 1 fully saturated rings. The summed E-state index contributed by atoms with van der Waals surface area (Å²) in [6, 6.07) is 19.9. The largest absolute Gasteiger partial charge is 0.329 e. The number of rotatable bonds is 8. The molecule has 1 aromatic heterocycles.